The number of hydrogen-bond donors (Lipinski definition) is 1. The highest BCUT2D eigenvalue weighted by Crippen LogP contribution is 2.28. The fourth-order valence-electron chi connectivity index (χ4n) is 1.78. The molecular weight excluding hydrogens is 208 g/mol. The molecule has 0 spiro atoms. The van der Waals surface area contributed by atoms with Crippen molar-refractivity contribution in [3.05, 3.63) is 16.6 Å². The second-order valence-electron chi connectivity index (χ2n) is 4.16. The number of rotatable bonds is 3. The summed E-state index contributed by atoms with van der Waals surface area (Å²) < 4.78 is 0. The average molecular weight is 224 g/mol. The van der Waals surface area contributed by atoms with E-state index in [9.17, 15) is 0 Å². The van der Waals surface area contributed by atoms with Crippen LogP contribution in [0, 0.1) is 5.92 Å². The lowest BCUT2D eigenvalue weighted by Gasteiger charge is -2.26. The number of hydrogen-bond acceptors (Lipinski definition) is 5. The minimum absolute atomic E-state index is 0.305. The zero-order valence-corrected chi connectivity index (χ0v) is 9.87. The lowest BCUT2D eigenvalue weighted by Crippen LogP contribution is -2.38. The quantitative estimate of drug-likeness (QED) is 0.846. The molecule has 0 saturated heterocycles. The van der Waals surface area contributed by atoms with Crippen molar-refractivity contribution in [2.45, 2.75) is 19.9 Å². The Labute approximate surface area is 93.8 Å². The maximum atomic E-state index is 5.88. The Bertz CT molecular complexity index is 344. The van der Waals surface area contributed by atoms with Crippen LogP contribution < -0.4 is 5.73 Å². The third-order valence-corrected chi connectivity index (χ3v) is 3.32. The fraction of sp³-hybridized carbons (Fsp3) is 0.600. The molecule has 0 aliphatic carbocycles. The SMILES string of the molecule is CC(C)CN1C(N)=NCC1c1cncs1. The molecule has 1 atom stereocenters. The zero-order valence-electron chi connectivity index (χ0n) is 9.05. The van der Waals surface area contributed by atoms with Gasteiger partial charge >= 0.3 is 0 Å². The molecule has 2 heterocycles. The summed E-state index contributed by atoms with van der Waals surface area (Å²) in [6, 6.07) is 0.305. The van der Waals surface area contributed by atoms with Gasteiger partial charge in [0.15, 0.2) is 5.96 Å². The standard InChI is InChI=1S/C10H16N4S/c1-7(2)5-14-8(3-13-10(14)11)9-4-12-6-15-9/h4,6-8H,3,5H2,1-2H3,(H2,11,13). The van der Waals surface area contributed by atoms with Gasteiger partial charge in [-0.1, -0.05) is 13.8 Å². The maximum absolute atomic E-state index is 5.88. The van der Waals surface area contributed by atoms with Gasteiger partial charge in [0.1, 0.15) is 0 Å². The summed E-state index contributed by atoms with van der Waals surface area (Å²) in [6.45, 7) is 6.10. The third-order valence-electron chi connectivity index (χ3n) is 2.44. The van der Waals surface area contributed by atoms with Gasteiger partial charge in [-0.3, -0.25) is 9.98 Å². The monoisotopic (exact) mass is 224 g/mol. The molecule has 1 aromatic rings. The smallest absolute Gasteiger partial charge is 0.191 e. The highest BCUT2D eigenvalue weighted by atomic mass is 32.1. The minimum atomic E-state index is 0.305. The Morgan fingerprint density at radius 1 is 1.67 bits per heavy atom. The molecule has 1 aliphatic heterocycles. The van der Waals surface area contributed by atoms with Crippen LogP contribution in [0.15, 0.2) is 16.7 Å². The number of nitrogens with two attached hydrogens (primary N) is 1. The van der Waals surface area contributed by atoms with Crippen LogP contribution in [0.5, 0.6) is 0 Å². The molecule has 15 heavy (non-hydrogen) atoms. The predicted octanol–water partition coefficient (Wildman–Crippen LogP) is 1.47. The van der Waals surface area contributed by atoms with Crippen LogP contribution in [0.2, 0.25) is 0 Å². The second-order valence-corrected chi connectivity index (χ2v) is 5.08. The molecule has 0 saturated carbocycles. The van der Waals surface area contributed by atoms with E-state index in [2.05, 4.69) is 28.7 Å². The van der Waals surface area contributed by atoms with Crippen molar-refractivity contribution in [2.75, 3.05) is 13.1 Å². The van der Waals surface area contributed by atoms with Gasteiger partial charge in [-0.05, 0) is 5.92 Å². The Balaban J connectivity index is 2.14. The van der Waals surface area contributed by atoms with E-state index >= 15 is 0 Å². The van der Waals surface area contributed by atoms with E-state index in [0.717, 1.165) is 13.1 Å². The Morgan fingerprint density at radius 3 is 3.07 bits per heavy atom. The highest BCUT2D eigenvalue weighted by Gasteiger charge is 2.28. The van der Waals surface area contributed by atoms with Crippen molar-refractivity contribution >= 4 is 17.3 Å². The lowest BCUT2D eigenvalue weighted by molar-refractivity contribution is 0.312. The molecule has 0 aromatic carbocycles. The van der Waals surface area contributed by atoms with Gasteiger partial charge < -0.3 is 10.6 Å². The van der Waals surface area contributed by atoms with Gasteiger partial charge in [0, 0.05) is 17.6 Å². The second kappa shape index (κ2) is 4.18. The van der Waals surface area contributed by atoms with Crippen molar-refractivity contribution in [3.63, 3.8) is 0 Å². The summed E-state index contributed by atoms with van der Waals surface area (Å²) in [5, 5.41) is 0. The maximum Gasteiger partial charge on any atom is 0.191 e. The predicted molar refractivity (Wildman–Crippen MR) is 62.9 cm³/mol. The zero-order chi connectivity index (χ0) is 10.8. The number of nitrogens with zero attached hydrogens (tertiary/aromatic N) is 3. The number of aliphatic imine (C=N–C) groups is 1. The minimum Gasteiger partial charge on any atom is -0.370 e. The van der Waals surface area contributed by atoms with Crippen LogP contribution in [-0.4, -0.2) is 28.9 Å². The topological polar surface area (TPSA) is 54.5 Å². The highest BCUT2D eigenvalue weighted by molar-refractivity contribution is 7.09. The van der Waals surface area contributed by atoms with Crippen molar-refractivity contribution < 1.29 is 0 Å². The molecule has 1 aromatic heterocycles. The number of thiazole rings is 1. The summed E-state index contributed by atoms with van der Waals surface area (Å²) in [5.41, 5.74) is 7.74. The summed E-state index contributed by atoms with van der Waals surface area (Å²) >= 11 is 1.67. The summed E-state index contributed by atoms with van der Waals surface area (Å²) in [5.74, 6) is 1.26. The first kappa shape index (κ1) is 10.4. The van der Waals surface area contributed by atoms with Crippen LogP contribution in [0.1, 0.15) is 24.8 Å². The largest absolute Gasteiger partial charge is 0.370 e. The van der Waals surface area contributed by atoms with E-state index in [4.69, 9.17) is 5.73 Å². The molecule has 5 heteroatoms. The van der Waals surface area contributed by atoms with E-state index in [1.54, 1.807) is 11.3 Å². The first-order valence-electron chi connectivity index (χ1n) is 5.13. The molecule has 1 aliphatic rings. The van der Waals surface area contributed by atoms with Crippen LogP contribution in [0.3, 0.4) is 0 Å². The molecule has 82 valence electrons. The Hall–Kier alpha value is -1.10. The summed E-state index contributed by atoms with van der Waals surface area (Å²) in [4.78, 5) is 11.8. The molecule has 0 fully saturated rings. The van der Waals surface area contributed by atoms with E-state index in [1.807, 2.05) is 11.7 Å². The van der Waals surface area contributed by atoms with Gasteiger partial charge in [-0.15, -0.1) is 11.3 Å². The fourth-order valence-corrected chi connectivity index (χ4v) is 2.50. The molecule has 4 nitrogen and oxygen atoms in total. The summed E-state index contributed by atoms with van der Waals surface area (Å²) in [6.07, 6.45) is 1.91. The molecule has 1 unspecified atom stereocenters. The van der Waals surface area contributed by atoms with E-state index < -0.39 is 0 Å². The van der Waals surface area contributed by atoms with Crippen molar-refractivity contribution in [1.82, 2.24) is 9.88 Å². The van der Waals surface area contributed by atoms with Crippen molar-refractivity contribution in [2.24, 2.45) is 16.6 Å². The lowest BCUT2D eigenvalue weighted by atomic mass is 10.1. The molecule has 0 amide bonds. The molecule has 2 N–H and O–H groups in total. The van der Waals surface area contributed by atoms with Gasteiger partial charge in [-0.2, -0.15) is 0 Å². The third kappa shape index (κ3) is 2.12. The number of guanidine groups is 1. The summed E-state index contributed by atoms with van der Waals surface area (Å²) in [7, 11) is 0. The molecule has 2 rings (SSSR count). The molecule has 0 bridgehead atoms. The average Bonchev–Trinajstić information content (AvgIpc) is 2.76. The van der Waals surface area contributed by atoms with Crippen molar-refractivity contribution in [1.29, 1.82) is 0 Å². The van der Waals surface area contributed by atoms with Gasteiger partial charge in [0.25, 0.3) is 0 Å². The Kier molecular flexibility index (Phi) is 2.90. The normalized spacial score (nSPS) is 21.1. The molecule has 0 radical (unpaired) electrons. The van der Waals surface area contributed by atoms with E-state index in [0.29, 0.717) is 17.9 Å². The van der Waals surface area contributed by atoms with Gasteiger partial charge in [0.05, 0.1) is 18.1 Å². The number of aromatic nitrogens is 1. The molecular formula is C10H16N4S. The van der Waals surface area contributed by atoms with Gasteiger partial charge in [-0.25, -0.2) is 0 Å². The van der Waals surface area contributed by atoms with E-state index in [-0.39, 0.29) is 0 Å². The van der Waals surface area contributed by atoms with Crippen LogP contribution >= 0.6 is 11.3 Å². The Morgan fingerprint density at radius 2 is 2.47 bits per heavy atom. The van der Waals surface area contributed by atoms with Crippen LogP contribution in [-0.2, 0) is 0 Å². The van der Waals surface area contributed by atoms with Crippen molar-refractivity contribution in [3.8, 4) is 0 Å². The van der Waals surface area contributed by atoms with Gasteiger partial charge in [0.2, 0.25) is 0 Å². The van der Waals surface area contributed by atoms with Crippen LogP contribution in [0.4, 0.5) is 0 Å². The first-order valence-corrected chi connectivity index (χ1v) is 6.01. The van der Waals surface area contributed by atoms with Crippen LogP contribution in [0.25, 0.3) is 0 Å². The van der Waals surface area contributed by atoms with E-state index in [1.165, 1.54) is 4.88 Å². The first-order chi connectivity index (χ1) is 7.18.